The molecule has 0 atom stereocenters. The Balaban J connectivity index is 1.73. The van der Waals surface area contributed by atoms with E-state index in [1.807, 2.05) is 38.1 Å². The van der Waals surface area contributed by atoms with E-state index in [2.05, 4.69) is 4.90 Å². The van der Waals surface area contributed by atoms with Crippen molar-refractivity contribution in [1.82, 2.24) is 4.31 Å². The highest BCUT2D eigenvalue weighted by molar-refractivity contribution is 7.89. The zero-order valence-electron chi connectivity index (χ0n) is 14.9. The maximum Gasteiger partial charge on any atom is 0.243 e. The molecular weight excluding hydrogens is 372 g/mol. The van der Waals surface area contributed by atoms with Gasteiger partial charge in [-0.25, -0.2) is 8.42 Å². The predicted molar refractivity (Wildman–Crippen MR) is 105 cm³/mol. The van der Waals surface area contributed by atoms with Gasteiger partial charge in [0, 0.05) is 31.2 Å². The number of hydrogen-bond donors (Lipinski definition) is 0. The normalized spacial score (nSPS) is 16.1. The summed E-state index contributed by atoms with van der Waals surface area (Å²) in [6, 6.07) is 14.2. The van der Waals surface area contributed by atoms with Crippen molar-refractivity contribution in [2.24, 2.45) is 0 Å². The molecule has 0 bridgehead atoms. The van der Waals surface area contributed by atoms with E-state index < -0.39 is 10.0 Å². The highest BCUT2D eigenvalue weighted by Gasteiger charge is 2.29. The topological polar surface area (TPSA) is 49.9 Å². The van der Waals surface area contributed by atoms with Gasteiger partial charge in [-0.2, -0.15) is 4.31 Å². The van der Waals surface area contributed by atoms with Crippen LogP contribution in [0.15, 0.2) is 53.4 Å². The summed E-state index contributed by atoms with van der Waals surface area (Å²) in [7, 11) is -3.50. The molecule has 1 saturated heterocycles. The Morgan fingerprint density at radius 2 is 1.58 bits per heavy atom. The first kappa shape index (κ1) is 19.0. The van der Waals surface area contributed by atoms with Crippen LogP contribution >= 0.6 is 11.6 Å². The van der Waals surface area contributed by atoms with Crippen molar-refractivity contribution < 1.29 is 13.2 Å². The third-order valence-corrected chi connectivity index (χ3v) is 6.42. The Hall–Kier alpha value is -1.76. The number of piperazine rings is 1. The van der Waals surface area contributed by atoms with Crippen LogP contribution in [0.4, 0.5) is 5.69 Å². The number of hydrogen-bond acceptors (Lipinski definition) is 4. The van der Waals surface area contributed by atoms with Crippen molar-refractivity contribution in [3.05, 3.63) is 53.6 Å². The molecule has 0 aliphatic carbocycles. The summed E-state index contributed by atoms with van der Waals surface area (Å²) >= 11 is 5.86. The van der Waals surface area contributed by atoms with Crippen molar-refractivity contribution in [2.75, 3.05) is 31.1 Å². The molecule has 3 rings (SSSR count). The number of benzene rings is 2. The van der Waals surface area contributed by atoms with E-state index in [9.17, 15) is 8.42 Å². The highest BCUT2D eigenvalue weighted by atomic mass is 35.5. The molecule has 0 amide bonds. The molecule has 0 N–H and O–H groups in total. The van der Waals surface area contributed by atoms with Gasteiger partial charge >= 0.3 is 0 Å². The van der Waals surface area contributed by atoms with Crippen LogP contribution in [0, 0.1) is 0 Å². The van der Waals surface area contributed by atoms with E-state index in [-0.39, 0.29) is 11.0 Å². The van der Waals surface area contributed by atoms with E-state index in [4.69, 9.17) is 16.3 Å². The highest BCUT2D eigenvalue weighted by Crippen LogP contribution is 2.30. The molecule has 26 heavy (non-hydrogen) atoms. The standard InChI is InChI=1S/C19H23ClN2O3S/c1-15(2)25-19-6-4-3-5-18(19)21-11-13-22(14-12-21)26(23,24)17-9-7-16(20)8-10-17/h3-10,15H,11-14H2,1-2H3. The average Bonchev–Trinajstić information content (AvgIpc) is 2.62. The summed E-state index contributed by atoms with van der Waals surface area (Å²) < 4.78 is 33.0. The fourth-order valence-electron chi connectivity index (χ4n) is 3.00. The lowest BCUT2D eigenvalue weighted by atomic mass is 10.2. The van der Waals surface area contributed by atoms with Crippen LogP contribution in [0.3, 0.4) is 0 Å². The average molecular weight is 395 g/mol. The van der Waals surface area contributed by atoms with Crippen LogP contribution in [0.5, 0.6) is 5.75 Å². The first-order valence-electron chi connectivity index (χ1n) is 8.64. The third-order valence-electron chi connectivity index (χ3n) is 4.26. The molecule has 1 heterocycles. The van der Waals surface area contributed by atoms with E-state index in [1.165, 1.54) is 4.31 Å². The molecule has 0 spiro atoms. The van der Waals surface area contributed by atoms with Gasteiger partial charge in [-0.15, -0.1) is 0 Å². The minimum atomic E-state index is -3.50. The number of rotatable bonds is 5. The quantitative estimate of drug-likeness (QED) is 0.776. The predicted octanol–water partition coefficient (Wildman–Crippen LogP) is 3.64. The molecule has 140 valence electrons. The number of nitrogens with zero attached hydrogens (tertiary/aromatic N) is 2. The van der Waals surface area contributed by atoms with Crippen LogP contribution in [0.1, 0.15) is 13.8 Å². The molecule has 0 aromatic heterocycles. The summed E-state index contributed by atoms with van der Waals surface area (Å²) in [5.41, 5.74) is 1.00. The first-order valence-corrected chi connectivity index (χ1v) is 10.5. The molecule has 5 nitrogen and oxygen atoms in total. The fourth-order valence-corrected chi connectivity index (χ4v) is 4.55. The molecule has 2 aromatic rings. The van der Waals surface area contributed by atoms with Gasteiger partial charge in [0.1, 0.15) is 5.75 Å². The summed E-state index contributed by atoms with van der Waals surface area (Å²) in [5, 5.41) is 0.524. The second-order valence-corrected chi connectivity index (χ2v) is 8.85. The van der Waals surface area contributed by atoms with Crippen LogP contribution in [0.2, 0.25) is 5.02 Å². The number of anilines is 1. The Morgan fingerprint density at radius 1 is 0.962 bits per heavy atom. The van der Waals surface area contributed by atoms with Gasteiger partial charge in [0.25, 0.3) is 0 Å². The molecule has 2 aromatic carbocycles. The second kappa shape index (κ2) is 7.86. The lowest BCUT2D eigenvalue weighted by Crippen LogP contribution is -2.48. The van der Waals surface area contributed by atoms with Crippen molar-refractivity contribution in [1.29, 1.82) is 0 Å². The van der Waals surface area contributed by atoms with E-state index >= 15 is 0 Å². The number of para-hydroxylation sites is 2. The van der Waals surface area contributed by atoms with Gasteiger partial charge in [0.15, 0.2) is 0 Å². The molecule has 0 unspecified atom stereocenters. The molecule has 1 aliphatic rings. The largest absolute Gasteiger partial charge is 0.489 e. The summed E-state index contributed by atoms with van der Waals surface area (Å²) in [4.78, 5) is 2.45. The Bertz CT molecular complexity index is 845. The van der Waals surface area contributed by atoms with Gasteiger partial charge in [-0.3, -0.25) is 0 Å². The van der Waals surface area contributed by atoms with Crippen molar-refractivity contribution in [2.45, 2.75) is 24.8 Å². The Kier molecular flexibility index (Phi) is 5.75. The minimum absolute atomic E-state index is 0.0859. The van der Waals surface area contributed by atoms with E-state index in [0.29, 0.717) is 31.2 Å². The molecule has 7 heteroatoms. The van der Waals surface area contributed by atoms with E-state index in [1.54, 1.807) is 24.3 Å². The van der Waals surface area contributed by atoms with Gasteiger partial charge in [-0.05, 0) is 50.2 Å². The fraction of sp³-hybridized carbons (Fsp3) is 0.368. The Labute approximate surface area is 160 Å². The van der Waals surface area contributed by atoms with Crippen LogP contribution < -0.4 is 9.64 Å². The lowest BCUT2D eigenvalue weighted by Gasteiger charge is -2.36. The van der Waals surface area contributed by atoms with Crippen LogP contribution in [0.25, 0.3) is 0 Å². The van der Waals surface area contributed by atoms with Gasteiger partial charge in [-0.1, -0.05) is 23.7 Å². The van der Waals surface area contributed by atoms with Crippen LogP contribution in [-0.4, -0.2) is 45.0 Å². The summed E-state index contributed by atoms with van der Waals surface area (Å²) in [6.45, 7) is 6.08. The molecule has 1 fully saturated rings. The maximum absolute atomic E-state index is 12.8. The van der Waals surface area contributed by atoms with Crippen molar-refractivity contribution in [3.8, 4) is 5.75 Å². The number of ether oxygens (including phenoxy) is 1. The Morgan fingerprint density at radius 3 is 2.19 bits per heavy atom. The molecule has 0 radical (unpaired) electrons. The summed E-state index contributed by atoms with van der Waals surface area (Å²) in [5.74, 6) is 0.830. The zero-order valence-corrected chi connectivity index (χ0v) is 16.5. The number of halogens is 1. The van der Waals surface area contributed by atoms with Crippen molar-refractivity contribution >= 4 is 27.3 Å². The van der Waals surface area contributed by atoms with E-state index in [0.717, 1.165) is 11.4 Å². The maximum atomic E-state index is 12.8. The van der Waals surface area contributed by atoms with Gasteiger partial charge in [0.2, 0.25) is 10.0 Å². The molecule has 0 saturated carbocycles. The SMILES string of the molecule is CC(C)Oc1ccccc1N1CCN(S(=O)(=O)c2ccc(Cl)cc2)CC1. The first-order chi connectivity index (χ1) is 12.4. The van der Waals surface area contributed by atoms with Crippen molar-refractivity contribution in [3.63, 3.8) is 0 Å². The monoisotopic (exact) mass is 394 g/mol. The summed E-state index contributed by atoms with van der Waals surface area (Å²) in [6.07, 6.45) is 0.0859. The van der Waals surface area contributed by atoms with Gasteiger partial charge < -0.3 is 9.64 Å². The second-order valence-electron chi connectivity index (χ2n) is 6.48. The van der Waals surface area contributed by atoms with Crippen LogP contribution in [-0.2, 0) is 10.0 Å². The lowest BCUT2D eigenvalue weighted by molar-refractivity contribution is 0.242. The molecular formula is C19H23ClN2O3S. The smallest absolute Gasteiger partial charge is 0.243 e. The van der Waals surface area contributed by atoms with Gasteiger partial charge in [0.05, 0.1) is 16.7 Å². The minimum Gasteiger partial charge on any atom is -0.489 e. The molecule has 1 aliphatic heterocycles. The third kappa shape index (κ3) is 4.14. The number of sulfonamides is 1. The zero-order chi connectivity index (χ0) is 18.7.